The van der Waals surface area contributed by atoms with Crippen LogP contribution in [-0.2, 0) is 28.9 Å². The van der Waals surface area contributed by atoms with Crippen molar-refractivity contribution in [3.63, 3.8) is 0 Å². The maximum Gasteiger partial charge on any atom is 0.243 e. The zero-order valence-corrected chi connectivity index (χ0v) is 13.7. The van der Waals surface area contributed by atoms with E-state index in [1.807, 2.05) is 0 Å². The molecule has 0 aliphatic rings. The Morgan fingerprint density at radius 1 is 1.25 bits per heavy atom. The Labute approximate surface area is 127 Å². The van der Waals surface area contributed by atoms with E-state index in [1.165, 1.54) is 4.31 Å². The molecule has 0 radical (unpaired) electrons. The third-order valence-corrected chi connectivity index (χ3v) is 5.41. The summed E-state index contributed by atoms with van der Waals surface area (Å²) in [5, 5.41) is 4.74. The molecule has 20 heavy (non-hydrogen) atoms. The van der Waals surface area contributed by atoms with Crippen LogP contribution >= 0.6 is 15.9 Å². The number of benzene rings is 1. The summed E-state index contributed by atoms with van der Waals surface area (Å²) in [6.07, 6.45) is 3.47. The molecule has 0 aliphatic heterocycles. The molecule has 0 amide bonds. The van der Waals surface area contributed by atoms with E-state index in [-0.39, 0.29) is 0 Å². The minimum Gasteiger partial charge on any atom is -0.275 e. The van der Waals surface area contributed by atoms with E-state index >= 15 is 0 Å². The summed E-state index contributed by atoms with van der Waals surface area (Å²) in [6, 6.07) is 6.87. The predicted octanol–water partition coefficient (Wildman–Crippen LogP) is 2.14. The van der Waals surface area contributed by atoms with E-state index in [1.54, 1.807) is 55.4 Å². The molecule has 0 saturated carbocycles. The van der Waals surface area contributed by atoms with Gasteiger partial charge in [-0.1, -0.05) is 28.1 Å². The Morgan fingerprint density at radius 2 is 1.90 bits per heavy atom. The Bertz CT molecular complexity index is 680. The molecule has 0 atom stereocenters. The zero-order chi connectivity index (χ0) is 14.8. The molecule has 108 valence electrons. The maximum absolute atomic E-state index is 12.4. The highest BCUT2D eigenvalue weighted by molar-refractivity contribution is 9.08. The lowest BCUT2D eigenvalue weighted by molar-refractivity contribution is 0.466. The number of hydrogen-bond acceptors (Lipinski definition) is 3. The molecular formula is C13H16BrN3O2S. The maximum atomic E-state index is 12.4. The lowest BCUT2D eigenvalue weighted by atomic mass is 10.2. The third kappa shape index (κ3) is 3.28. The van der Waals surface area contributed by atoms with Gasteiger partial charge in [0.05, 0.1) is 11.1 Å². The fourth-order valence-electron chi connectivity index (χ4n) is 1.83. The molecule has 0 unspecified atom stereocenters. The molecule has 0 N–H and O–H groups in total. The fourth-order valence-corrected chi connectivity index (χ4v) is 3.36. The van der Waals surface area contributed by atoms with Gasteiger partial charge in [0, 0.05) is 37.7 Å². The number of hydrogen-bond donors (Lipinski definition) is 0. The highest BCUT2D eigenvalue weighted by Gasteiger charge is 2.21. The van der Waals surface area contributed by atoms with Crippen LogP contribution in [0.3, 0.4) is 0 Å². The molecule has 0 spiro atoms. The highest BCUT2D eigenvalue weighted by Crippen LogP contribution is 2.18. The van der Waals surface area contributed by atoms with Crippen molar-refractivity contribution in [3.8, 4) is 0 Å². The molecule has 1 aromatic heterocycles. The van der Waals surface area contributed by atoms with Gasteiger partial charge in [0.25, 0.3) is 0 Å². The lowest BCUT2D eigenvalue weighted by Crippen LogP contribution is -2.26. The first kappa shape index (κ1) is 15.2. The van der Waals surface area contributed by atoms with Gasteiger partial charge in [-0.2, -0.15) is 9.40 Å². The van der Waals surface area contributed by atoms with Crippen molar-refractivity contribution < 1.29 is 8.42 Å². The minimum absolute atomic E-state index is 0.300. The molecule has 5 nitrogen and oxygen atoms in total. The number of rotatable bonds is 5. The van der Waals surface area contributed by atoms with Gasteiger partial charge in [0.15, 0.2) is 0 Å². The normalized spacial score (nSPS) is 12.0. The van der Waals surface area contributed by atoms with Gasteiger partial charge >= 0.3 is 0 Å². The molecule has 7 heteroatoms. The SMILES string of the molecule is CN(Cc1cnn(C)c1)S(=O)(=O)c1ccc(CBr)cc1. The van der Waals surface area contributed by atoms with Gasteiger partial charge in [-0.25, -0.2) is 8.42 Å². The van der Waals surface area contributed by atoms with Crippen molar-refractivity contribution in [2.45, 2.75) is 16.8 Å². The van der Waals surface area contributed by atoms with Gasteiger partial charge < -0.3 is 0 Å². The highest BCUT2D eigenvalue weighted by atomic mass is 79.9. The van der Waals surface area contributed by atoms with Crippen LogP contribution in [0.1, 0.15) is 11.1 Å². The quantitative estimate of drug-likeness (QED) is 0.770. The summed E-state index contributed by atoms with van der Waals surface area (Å²) in [5.41, 5.74) is 1.90. The average Bonchev–Trinajstić information content (AvgIpc) is 2.84. The monoisotopic (exact) mass is 357 g/mol. The van der Waals surface area contributed by atoms with Gasteiger partial charge in [0.2, 0.25) is 10.0 Å². The number of aromatic nitrogens is 2. The van der Waals surface area contributed by atoms with Crippen molar-refractivity contribution in [3.05, 3.63) is 47.8 Å². The van der Waals surface area contributed by atoms with E-state index < -0.39 is 10.0 Å². The van der Waals surface area contributed by atoms with E-state index in [2.05, 4.69) is 21.0 Å². The number of sulfonamides is 1. The molecular weight excluding hydrogens is 342 g/mol. The molecule has 0 saturated heterocycles. The second kappa shape index (κ2) is 6.07. The molecule has 1 aromatic carbocycles. The van der Waals surface area contributed by atoms with Crippen molar-refractivity contribution in [2.24, 2.45) is 7.05 Å². The molecule has 0 bridgehead atoms. The number of nitrogens with zero attached hydrogens (tertiary/aromatic N) is 3. The molecule has 2 aromatic rings. The first-order valence-corrected chi connectivity index (χ1v) is 8.58. The predicted molar refractivity (Wildman–Crippen MR) is 80.9 cm³/mol. The number of alkyl halides is 1. The fraction of sp³-hybridized carbons (Fsp3) is 0.308. The van der Waals surface area contributed by atoms with Crippen molar-refractivity contribution in [2.75, 3.05) is 7.05 Å². The Morgan fingerprint density at radius 3 is 2.40 bits per heavy atom. The van der Waals surface area contributed by atoms with Crippen LogP contribution < -0.4 is 0 Å². The molecule has 2 rings (SSSR count). The summed E-state index contributed by atoms with van der Waals surface area (Å²) in [6.45, 7) is 0.302. The van der Waals surface area contributed by atoms with E-state index in [0.29, 0.717) is 16.8 Å². The smallest absolute Gasteiger partial charge is 0.243 e. The van der Waals surface area contributed by atoms with Crippen molar-refractivity contribution >= 4 is 26.0 Å². The van der Waals surface area contributed by atoms with Crippen LogP contribution in [0.5, 0.6) is 0 Å². The van der Waals surface area contributed by atoms with Crippen molar-refractivity contribution in [1.29, 1.82) is 0 Å². The molecule has 1 heterocycles. The summed E-state index contributed by atoms with van der Waals surface area (Å²) in [5.74, 6) is 0. The summed E-state index contributed by atoms with van der Waals surface area (Å²) in [4.78, 5) is 0.300. The van der Waals surface area contributed by atoms with Crippen LogP contribution in [0.25, 0.3) is 0 Å². The van der Waals surface area contributed by atoms with Gasteiger partial charge in [-0.05, 0) is 17.7 Å². The van der Waals surface area contributed by atoms with Crippen LogP contribution in [-0.4, -0.2) is 29.6 Å². The second-order valence-electron chi connectivity index (χ2n) is 4.56. The van der Waals surface area contributed by atoms with E-state index in [9.17, 15) is 8.42 Å². The standard InChI is InChI=1S/C13H16BrN3O2S/c1-16-9-12(8-15-16)10-17(2)20(18,19)13-5-3-11(7-14)4-6-13/h3-6,8-9H,7,10H2,1-2H3. The van der Waals surface area contributed by atoms with Crippen molar-refractivity contribution in [1.82, 2.24) is 14.1 Å². The molecule has 0 fully saturated rings. The minimum atomic E-state index is -3.47. The van der Waals surface area contributed by atoms with Crippen LogP contribution in [0.15, 0.2) is 41.6 Å². The third-order valence-electron chi connectivity index (χ3n) is 2.95. The van der Waals surface area contributed by atoms with Crippen LogP contribution in [0.4, 0.5) is 0 Å². The van der Waals surface area contributed by atoms with Crippen LogP contribution in [0, 0.1) is 0 Å². The van der Waals surface area contributed by atoms with Crippen LogP contribution in [0.2, 0.25) is 0 Å². The molecule has 0 aliphatic carbocycles. The summed E-state index contributed by atoms with van der Waals surface area (Å²) >= 11 is 3.34. The lowest BCUT2D eigenvalue weighted by Gasteiger charge is -2.16. The number of aryl methyl sites for hydroxylation is 1. The van der Waals surface area contributed by atoms with E-state index in [0.717, 1.165) is 11.1 Å². The van der Waals surface area contributed by atoms with Gasteiger partial charge in [-0.15, -0.1) is 0 Å². The first-order chi connectivity index (χ1) is 9.43. The topological polar surface area (TPSA) is 55.2 Å². The average molecular weight is 358 g/mol. The Balaban J connectivity index is 2.19. The van der Waals surface area contributed by atoms with Gasteiger partial charge in [-0.3, -0.25) is 4.68 Å². The van der Waals surface area contributed by atoms with E-state index in [4.69, 9.17) is 0 Å². The zero-order valence-electron chi connectivity index (χ0n) is 11.3. The summed E-state index contributed by atoms with van der Waals surface area (Å²) in [7, 11) is -0.0992. The summed E-state index contributed by atoms with van der Waals surface area (Å²) < 4.78 is 27.8. The first-order valence-electron chi connectivity index (χ1n) is 6.02. The largest absolute Gasteiger partial charge is 0.275 e. The van der Waals surface area contributed by atoms with Gasteiger partial charge in [0.1, 0.15) is 0 Å². The Hall–Kier alpha value is -1.18. The Kier molecular flexibility index (Phi) is 4.62. The number of halogens is 1. The second-order valence-corrected chi connectivity index (χ2v) is 7.17.